The van der Waals surface area contributed by atoms with Crippen LogP contribution in [-0.2, 0) is 6.54 Å². The maximum absolute atomic E-state index is 4.52. The van der Waals surface area contributed by atoms with Gasteiger partial charge in [-0.15, -0.1) is 0 Å². The summed E-state index contributed by atoms with van der Waals surface area (Å²) in [4.78, 5) is 7.22. The number of pyridine rings is 1. The summed E-state index contributed by atoms with van der Waals surface area (Å²) in [5.41, 5.74) is 1.36. The molecule has 2 aliphatic rings. The molecule has 1 N–H and O–H groups in total. The maximum atomic E-state index is 4.52. The molecule has 1 aliphatic carbocycles. The Morgan fingerprint density at radius 3 is 2.95 bits per heavy atom. The van der Waals surface area contributed by atoms with Gasteiger partial charge in [0, 0.05) is 25.3 Å². The fraction of sp³-hybridized carbons (Fsp3) is 0.706. The minimum absolute atomic E-state index is 0.849. The summed E-state index contributed by atoms with van der Waals surface area (Å²) in [6, 6.07) is 5.21. The smallest absolute Gasteiger partial charge is 0.125 e. The highest BCUT2D eigenvalue weighted by molar-refractivity contribution is 5.35. The second-order valence-corrected chi connectivity index (χ2v) is 6.35. The first-order chi connectivity index (χ1) is 9.86. The first kappa shape index (κ1) is 13.9. The van der Waals surface area contributed by atoms with Crippen LogP contribution in [0.25, 0.3) is 0 Å². The molecule has 1 aromatic rings. The largest absolute Gasteiger partial charge is 0.370 e. The van der Waals surface area contributed by atoms with E-state index >= 15 is 0 Å². The molecule has 3 rings (SSSR count). The third-order valence-corrected chi connectivity index (χ3v) is 4.89. The van der Waals surface area contributed by atoms with Crippen molar-refractivity contribution in [2.24, 2.45) is 5.92 Å². The lowest BCUT2D eigenvalue weighted by Gasteiger charge is -2.31. The Morgan fingerprint density at radius 1 is 1.25 bits per heavy atom. The summed E-state index contributed by atoms with van der Waals surface area (Å²) in [7, 11) is 0. The van der Waals surface area contributed by atoms with E-state index in [-0.39, 0.29) is 0 Å². The SMILES string of the molecule is CCCNc1ccc(CN2CCC3CCCCC32)cn1. The van der Waals surface area contributed by atoms with Crippen molar-refractivity contribution in [3.63, 3.8) is 0 Å². The molecular formula is C17H27N3. The predicted molar refractivity (Wildman–Crippen MR) is 83.8 cm³/mol. The Kier molecular flexibility index (Phi) is 4.56. The van der Waals surface area contributed by atoms with Crippen molar-refractivity contribution in [1.82, 2.24) is 9.88 Å². The minimum Gasteiger partial charge on any atom is -0.370 e. The molecule has 0 bridgehead atoms. The summed E-state index contributed by atoms with van der Waals surface area (Å²) in [5, 5.41) is 3.34. The Labute approximate surface area is 122 Å². The summed E-state index contributed by atoms with van der Waals surface area (Å²) in [6.07, 6.45) is 10.3. The van der Waals surface area contributed by atoms with Crippen LogP contribution in [0.3, 0.4) is 0 Å². The van der Waals surface area contributed by atoms with Crippen molar-refractivity contribution in [3.8, 4) is 0 Å². The van der Waals surface area contributed by atoms with Crippen LogP contribution in [0.5, 0.6) is 0 Å². The van der Waals surface area contributed by atoms with Gasteiger partial charge in [0.25, 0.3) is 0 Å². The molecule has 110 valence electrons. The fourth-order valence-corrected chi connectivity index (χ4v) is 3.81. The Bertz CT molecular complexity index is 415. The van der Waals surface area contributed by atoms with Gasteiger partial charge in [0.05, 0.1) is 0 Å². The van der Waals surface area contributed by atoms with Gasteiger partial charge >= 0.3 is 0 Å². The third-order valence-electron chi connectivity index (χ3n) is 4.89. The Morgan fingerprint density at radius 2 is 2.15 bits per heavy atom. The molecule has 1 aromatic heterocycles. The molecule has 20 heavy (non-hydrogen) atoms. The van der Waals surface area contributed by atoms with E-state index in [0.29, 0.717) is 0 Å². The van der Waals surface area contributed by atoms with Crippen LogP contribution < -0.4 is 5.32 Å². The van der Waals surface area contributed by atoms with Crippen LogP contribution in [0.4, 0.5) is 5.82 Å². The normalized spacial score (nSPS) is 26.4. The highest BCUT2D eigenvalue weighted by Gasteiger charge is 2.35. The maximum Gasteiger partial charge on any atom is 0.125 e. The van der Waals surface area contributed by atoms with Crippen molar-refractivity contribution in [3.05, 3.63) is 23.9 Å². The lowest BCUT2D eigenvalue weighted by molar-refractivity contribution is 0.176. The summed E-state index contributed by atoms with van der Waals surface area (Å²) in [6.45, 7) is 5.55. The van der Waals surface area contributed by atoms with Crippen molar-refractivity contribution in [2.45, 2.75) is 58.0 Å². The molecule has 1 aliphatic heterocycles. The zero-order valence-corrected chi connectivity index (χ0v) is 12.6. The second-order valence-electron chi connectivity index (χ2n) is 6.35. The molecule has 1 saturated heterocycles. The van der Waals surface area contributed by atoms with Gasteiger partial charge in [-0.2, -0.15) is 0 Å². The molecule has 0 spiro atoms. The van der Waals surface area contributed by atoms with E-state index in [4.69, 9.17) is 0 Å². The first-order valence-electron chi connectivity index (χ1n) is 8.29. The van der Waals surface area contributed by atoms with Gasteiger partial charge < -0.3 is 5.32 Å². The van der Waals surface area contributed by atoms with E-state index in [1.807, 2.05) is 6.20 Å². The molecule has 1 saturated carbocycles. The lowest BCUT2D eigenvalue weighted by Crippen LogP contribution is -2.34. The van der Waals surface area contributed by atoms with E-state index < -0.39 is 0 Å². The molecule has 2 heterocycles. The number of anilines is 1. The minimum atomic E-state index is 0.849. The fourth-order valence-electron chi connectivity index (χ4n) is 3.81. The lowest BCUT2D eigenvalue weighted by atomic mass is 9.85. The van der Waals surface area contributed by atoms with Crippen molar-refractivity contribution in [2.75, 3.05) is 18.4 Å². The van der Waals surface area contributed by atoms with E-state index in [2.05, 4.69) is 34.3 Å². The van der Waals surface area contributed by atoms with Gasteiger partial charge in [0.2, 0.25) is 0 Å². The van der Waals surface area contributed by atoms with Crippen molar-refractivity contribution >= 4 is 5.82 Å². The number of hydrogen-bond donors (Lipinski definition) is 1. The summed E-state index contributed by atoms with van der Waals surface area (Å²) >= 11 is 0. The zero-order valence-electron chi connectivity index (χ0n) is 12.6. The average Bonchev–Trinajstić information content (AvgIpc) is 2.90. The van der Waals surface area contributed by atoms with E-state index in [0.717, 1.165) is 37.3 Å². The Balaban J connectivity index is 1.57. The molecule has 2 fully saturated rings. The van der Waals surface area contributed by atoms with Gasteiger partial charge in [0.1, 0.15) is 5.82 Å². The molecule has 0 aromatic carbocycles. The van der Waals surface area contributed by atoms with Gasteiger partial charge in [-0.3, -0.25) is 4.90 Å². The van der Waals surface area contributed by atoms with Crippen LogP contribution >= 0.6 is 0 Å². The van der Waals surface area contributed by atoms with Crippen LogP contribution in [-0.4, -0.2) is 29.0 Å². The van der Waals surface area contributed by atoms with E-state index in [1.165, 1.54) is 44.2 Å². The van der Waals surface area contributed by atoms with Crippen LogP contribution in [0.1, 0.15) is 51.0 Å². The van der Waals surface area contributed by atoms with Crippen molar-refractivity contribution < 1.29 is 0 Å². The van der Waals surface area contributed by atoms with Gasteiger partial charge in [-0.1, -0.05) is 25.8 Å². The molecule has 0 amide bonds. The number of fused-ring (bicyclic) bond motifs is 1. The Hall–Kier alpha value is -1.09. The van der Waals surface area contributed by atoms with Crippen LogP contribution in [0, 0.1) is 5.92 Å². The monoisotopic (exact) mass is 273 g/mol. The highest BCUT2D eigenvalue weighted by Crippen LogP contribution is 2.36. The number of rotatable bonds is 5. The third kappa shape index (κ3) is 3.14. The molecule has 3 heteroatoms. The molecule has 2 unspecified atom stereocenters. The van der Waals surface area contributed by atoms with Crippen LogP contribution in [0.2, 0.25) is 0 Å². The quantitative estimate of drug-likeness (QED) is 0.887. The van der Waals surface area contributed by atoms with Crippen molar-refractivity contribution in [1.29, 1.82) is 0 Å². The number of nitrogens with zero attached hydrogens (tertiary/aromatic N) is 2. The summed E-state index contributed by atoms with van der Waals surface area (Å²) in [5.74, 6) is 1.98. The van der Waals surface area contributed by atoms with Gasteiger partial charge in [-0.05, 0) is 49.8 Å². The number of hydrogen-bond acceptors (Lipinski definition) is 3. The molecule has 0 radical (unpaired) electrons. The second kappa shape index (κ2) is 6.57. The molecule has 2 atom stereocenters. The number of nitrogens with one attached hydrogen (secondary N) is 1. The standard InChI is InChI=1S/C17H27N3/c1-2-10-18-17-8-7-14(12-19-17)13-20-11-9-15-5-3-4-6-16(15)20/h7-8,12,15-16H,2-6,9-11,13H2,1H3,(H,18,19). The number of likely N-dealkylation sites (tertiary alicyclic amines) is 1. The summed E-state index contributed by atoms with van der Waals surface area (Å²) < 4.78 is 0. The van der Waals surface area contributed by atoms with Gasteiger partial charge in [-0.25, -0.2) is 4.98 Å². The average molecular weight is 273 g/mol. The van der Waals surface area contributed by atoms with E-state index in [9.17, 15) is 0 Å². The first-order valence-corrected chi connectivity index (χ1v) is 8.29. The molecular weight excluding hydrogens is 246 g/mol. The molecule has 3 nitrogen and oxygen atoms in total. The highest BCUT2D eigenvalue weighted by atomic mass is 15.2. The topological polar surface area (TPSA) is 28.2 Å². The predicted octanol–water partition coefficient (Wildman–Crippen LogP) is 3.67. The zero-order chi connectivity index (χ0) is 13.8. The number of aromatic nitrogens is 1. The van der Waals surface area contributed by atoms with Gasteiger partial charge in [0.15, 0.2) is 0 Å². The van der Waals surface area contributed by atoms with E-state index in [1.54, 1.807) is 0 Å². The van der Waals surface area contributed by atoms with Crippen LogP contribution in [0.15, 0.2) is 18.3 Å².